The minimum atomic E-state index is -0.000625. The van der Waals surface area contributed by atoms with Crippen molar-refractivity contribution >= 4 is 11.6 Å². The summed E-state index contributed by atoms with van der Waals surface area (Å²) >= 11 is 6.14. The first-order chi connectivity index (χ1) is 7.54. The molecule has 4 heteroatoms. The van der Waals surface area contributed by atoms with Gasteiger partial charge in [0.25, 0.3) is 0 Å². The van der Waals surface area contributed by atoms with Gasteiger partial charge >= 0.3 is 0 Å². The van der Waals surface area contributed by atoms with E-state index in [1.807, 2.05) is 12.1 Å². The summed E-state index contributed by atoms with van der Waals surface area (Å²) in [4.78, 5) is 0. The molecule has 1 heterocycles. The molecule has 1 aromatic carbocycles. The van der Waals surface area contributed by atoms with Crippen LogP contribution in [0.15, 0.2) is 12.1 Å². The molecule has 0 saturated carbocycles. The van der Waals surface area contributed by atoms with Crippen molar-refractivity contribution in [2.24, 2.45) is 5.73 Å². The second kappa shape index (κ2) is 4.15. The highest BCUT2D eigenvalue weighted by molar-refractivity contribution is 6.32. The largest absolute Gasteiger partial charge is 0.454 e. The third kappa shape index (κ3) is 1.97. The topological polar surface area (TPSA) is 44.5 Å². The monoisotopic (exact) mass is 241 g/mol. The van der Waals surface area contributed by atoms with Crippen LogP contribution < -0.4 is 15.2 Å². The summed E-state index contributed by atoms with van der Waals surface area (Å²) in [5.41, 5.74) is 6.74. The zero-order chi connectivity index (χ0) is 11.8. The Labute approximate surface area is 100 Å². The van der Waals surface area contributed by atoms with Crippen LogP contribution in [-0.2, 0) is 5.41 Å². The van der Waals surface area contributed by atoms with Crippen LogP contribution in [0.5, 0.6) is 11.5 Å². The predicted molar refractivity (Wildman–Crippen MR) is 64.3 cm³/mol. The number of ether oxygens (including phenoxy) is 2. The standard InChI is InChI=1S/C12H16ClNO2/c1-12(2,3-4-14)8-5-9(13)11-10(6-8)15-7-16-11/h5-6H,3-4,7,14H2,1-2H3. The van der Waals surface area contributed by atoms with Crippen molar-refractivity contribution in [3.8, 4) is 11.5 Å². The van der Waals surface area contributed by atoms with Crippen molar-refractivity contribution in [3.63, 3.8) is 0 Å². The van der Waals surface area contributed by atoms with Gasteiger partial charge in [0.1, 0.15) is 0 Å². The van der Waals surface area contributed by atoms with E-state index < -0.39 is 0 Å². The van der Waals surface area contributed by atoms with Gasteiger partial charge in [0.15, 0.2) is 11.5 Å². The number of hydrogen-bond acceptors (Lipinski definition) is 3. The van der Waals surface area contributed by atoms with Crippen molar-refractivity contribution in [1.82, 2.24) is 0 Å². The van der Waals surface area contributed by atoms with Crippen LogP contribution in [0.2, 0.25) is 5.02 Å². The molecule has 1 aliphatic rings. The lowest BCUT2D eigenvalue weighted by Gasteiger charge is -2.25. The van der Waals surface area contributed by atoms with Gasteiger partial charge in [-0.05, 0) is 36.1 Å². The molecular formula is C12H16ClNO2. The van der Waals surface area contributed by atoms with Crippen LogP contribution in [0.3, 0.4) is 0 Å². The third-order valence-corrected chi connectivity index (χ3v) is 3.26. The first-order valence-electron chi connectivity index (χ1n) is 5.34. The lowest BCUT2D eigenvalue weighted by Crippen LogP contribution is -2.21. The average Bonchev–Trinajstić information content (AvgIpc) is 2.65. The van der Waals surface area contributed by atoms with Gasteiger partial charge in [-0.25, -0.2) is 0 Å². The van der Waals surface area contributed by atoms with Gasteiger partial charge < -0.3 is 15.2 Å². The van der Waals surface area contributed by atoms with E-state index in [0.29, 0.717) is 17.3 Å². The van der Waals surface area contributed by atoms with Crippen LogP contribution in [0, 0.1) is 0 Å². The van der Waals surface area contributed by atoms with Gasteiger partial charge in [0.05, 0.1) is 5.02 Å². The lowest BCUT2D eigenvalue weighted by atomic mass is 9.81. The van der Waals surface area contributed by atoms with Crippen molar-refractivity contribution in [2.45, 2.75) is 25.7 Å². The van der Waals surface area contributed by atoms with E-state index in [0.717, 1.165) is 17.7 Å². The Hall–Kier alpha value is -0.930. The Kier molecular flexibility index (Phi) is 3.00. The molecular weight excluding hydrogens is 226 g/mol. The SMILES string of the molecule is CC(C)(CCN)c1cc(Cl)c2c(c1)OCO2. The quantitative estimate of drug-likeness (QED) is 0.885. The molecule has 0 fully saturated rings. The van der Waals surface area contributed by atoms with Gasteiger partial charge in [-0.1, -0.05) is 25.4 Å². The fourth-order valence-electron chi connectivity index (χ4n) is 1.86. The fraction of sp³-hybridized carbons (Fsp3) is 0.500. The molecule has 0 atom stereocenters. The molecule has 2 N–H and O–H groups in total. The van der Waals surface area contributed by atoms with E-state index in [1.165, 1.54) is 0 Å². The van der Waals surface area contributed by atoms with Crippen molar-refractivity contribution in [1.29, 1.82) is 0 Å². The van der Waals surface area contributed by atoms with Crippen LogP contribution in [-0.4, -0.2) is 13.3 Å². The number of benzene rings is 1. The summed E-state index contributed by atoms with van der Waals surface area (Å²) in [7, 11) is 0. The second-order valence-corrected chi connectivity index (χ2v) is 5.02. The molecule has 1 aromatic rings. The van der Waals surface area contributed by atoms with Crippen molar-refractivity contribution in [3.05, 3.63) is 22.7 Å². The minimum Gasteiger partial charge on any atom is -0.454 e. The molecule has 0 aromatic heterocycles. The van der Waals surface area contributed by atoms with Crippen molar-refractivity contribution < 1.29 is 9.47 Å². The maximum atomic E-state index is 6.14. The lowest BCUT2D eigenvalue weighted by molar-refractivity contribution is 0.174. The van der Waals surface area contributed by atoms with Crippen LogP contribution in [0.1, 0.15) is 25.8 Å². The molecule has 0 spiro atoms. The Balaban J connectivity index is 2.40. The summed E-state index contributed by atoms with van der Waals surface area (Å²) < 4.78 is 10.6. The number of nitrogens with two attached hydrogens (primary N) is 1. The smallest absolute Gasteiger partial charge is 0.231 e. The Morgan fingerprint density at radius 3 is 2.81 bits per heavy atom. The molecule has 0 bridgehead atoms. The number of hydrogen-bond donors (Lipinski definition) is 1. The van der Waals surface area contributed by atoms with Gasteiger partial charge in [-0.2, -0.15) is 0 Å². The molecule has 0 aliphatic carbocycles. The third-order valence-electron chi connectivity index (χ3n) is 2.98. The van der Waals surface area contributed by atoms with Gasteiger partial charge in [0.2, 0.25) is 6.79 Å². The van der Waals surface area contributed by atoms with E-state index in [4.69, 9.17) is 26.8 Å². The maximum Gasteiger partial charge on any atom is 0.231 e. The predicted octanol–water partition coefficient (Wildman–Crippen LogP) is 2.70. The fourth-order valence-corrected chi connectivity index (χ4v) is 2.13. The zero-order valence-electron chi connectivity index (χ0n) is 9.55. The van der Waals surface area contributed by atoms with Gasteiger partial charge in [0, 0.05) is 0 Å². The molecule has 88 valence electrons. The molecule has 0 radical (unpaired) electrons. The minimum absolute atomic E-state index is 0.000625. The Morgan fingerprint density at radius 2 is 2.12 bits per heavy atom. The first-order valence-corrected chi connectivity index (χ1v) is 5.72. The maximum absolute atomic E-state index is 6.14. The van der Waals surface area contributed by atoms with E-state index in [9.17, 15) is 0 Å². The normalized spacial score (nSPS) is 14.2. The highest BCUT2D eigenvalue weighted by Crippen LogP contribution is 2.42. The molecule has 0 amide bonds. The van der Waals surface area contributed by atoms with Crippen LogP contribution in [0.4, 0.5) is 0 Å². The summed E-state index contributed by atoms with van der Waals surface area (Å²) in [6.45, 7) is 5.19. The number of rotatable bonds is 3. The van der Waals surface area contributed by atoms with Gasteiger partial charge in [-0.3, -0.25) is 0 Å². The van der Waals surface area contributed by atoms with Gasteiger partial charge in [-0.15, -0.1) is 0 Å². The summed E-state index contributed by atoms with van der Waals surface area (Å²) in [6.07, 6.45) is 0.906. The van der Waals surface area contributed by atoms with E-state index in [-0.39, 0.29) is 12.2 Å². The van der Waals surface area contributed by atoms with Crippen LogP contribution >= 0.6 is 11.6 Å². The van der Waals surface area contributed by atoms with Crippen LogP contribution in [0.25, 0.3) is 0 Å². The average molecular weight is 242 g/mol. The Bertz CT molecular complexity index is 404. The summed E-state index contributed by atoms with van der Waals surface area (Å²) in [5, 5.41) is 0.607. The molecule has 2 rings (SSSR count). The second-order valence-electron chi connectivity index (χ2n) is 4.61. The van der Waals surface area contributed by atoms with E-state index in [2.05, 4.69) is 13.8 Å². The summed E-state index contributed by atoms with van der Waals surface area (Å²) in [5.74, 6) is 1.38. The summed E-state index contributed by atoms with van der Waals surface area (Å²) in [6, 6.07) is 3.93. The van der Waals surface area contributed by atoms with E-state index in [1.54, 1.807) is 0 Å². The molecule has 3 nitrogen and oxygen atoms in total. The highest BCUT2D eigenvalue weighted by atomic mass is 35.5. The highest BCUT2D eigenvalue weighted by Gasteiger charge is 2.25. The first kappa shape index (κ1) is 11.6. The zero-order valence-corrected chi connectivity index (χ0v) is 10.3. The molecule has 0 unspecified atom stereocenters. The molecule has 16 heavy (non-hydrogen) atoms. The van der Waals surface area contributed by atoms with E-state index >= 15 is 0 Å². The number of halogens is 1. The molecule has 1 aliphatic heterocycles. The number of fused-ring (bicyclic) bond motifs is 1. The Morgan fingerprint density at radius 1 is 1.38 bits per heavy atom. The molecule has 0 saturated heterocycles. The van der Waals surface area contributed by atoms with Crippen molar-refractivity contribution in [2.75, 3.05) is 13.3 Å².